The van der Waals surface area contributed by atoms with E-state index in [0.717, 1.165) is 10.5 Å². The maximum absolute atomic E-state index is 12.4. The number of rotatable bonds is 7. The summed E-state index contributed by atoms with van der Waals surface area (Å²) in [5.74, 6) is 0.990. The van der Waals surface area contributed by atoms with Crippen molar-refractivity contribution in [3.8, 4) is 17.5 Å². The Bertz CT molecular complexity index is 990. The van der Waals surface area contributed by atoms with E-state index < -0.39 is 0 Å². The minimum atomic E-state index is -0.260. The van der Waals surface area contributed by atoms with Crippen molar-refractivity contribution in [2.24, 2.45) is 0 Å². The molecular weight excluding hydrogens is 372 g/mol. The molecular formula is C20H20N6OS. The van der Waals surface area contributed by atoms with Crippen LogP contribution in [0.4, 0.5) is 5.69 Å². The number of amides is 1. The van der Waals surface area contributed by atoms with E-state index in [1.165, 1.54) is 22.1 Å². The zero-order valence-corrected chi connectivity index (χ0v) is 16.5. The fourth-order valence-corrected chi connectivity index (χ4v) is 3.24. The van der Waals surface area contributed by atoms with Gasteiger partial charge in [0.05, 0.1) is 17.5 Å². The maximum Gasteiger partial charge on any atom is 0.248 e. The first-order valence-corrected chi connectivity index (χ1v) is 9.82. The van der Waals surface area contributed by atoms with Gasteiger partial charge in [-0.05, 0) is 28.8 Å². The maximum atomic E-state index is 12.4. The largest absolute Gasteiger partial charge is 0.323 e. The van der Waals surface area contributed by atoms with E-state index in [2.05, 4.69) is 40.6 Å². The number of tetrazole rings is 1. The number of nitrogens with zero attached hydrogens (tertiary/aromatic N) is 5. The molecule has 0 fully saturated rings. The molecule has 0 bridgehead atoms. The SMILES string of the molecule is CC(C)c1ccc(-c2nnn(CC(=O)Nc3ccccc3SCC#N)n2)cc1. The van der Waals surface area contributed by atoms with Gasteiger partial charge in [-0.3, -0.25) is 4.79 Å². The summed E-state index contributed by atoms with van der Waals surface area (Å²) >= 11 is 1.37. The van der Waals surface area contributed by atoms with E-state index >= 15 is 0 Å². The van der Waals surface area contributed by atoms with Gasteiger partial charge in [0, 0.05) is 10.5 Å². The second kappa shape index (κ2) is 9.15. The molecule has 8 heteroatoms. The molecule has 1 N–H and O–H groups in total. The van der Waals surface area contributed by atoms with Gasteiger partial charge in [0.1, 0.15) is 6.54 Å². The number of benzene rings is 2. The molecule has 0 saturated heterocycles. The Morgan fingerprint density at radius 3 is 2.68 bits per heavy atom. The molecule has 0 spiro atoms. The molecule has 3 aromatic rings. The van der Waals surface area contributed by atoms with E-state index in [0.29, 0.717) is 23.2 Å². The van der Waals surface area contributed by atoms with E-state index in [-0.39, 0.29) is 12.5 Å². The second-order valence-electron chi connectivity index (χ2n) is 6.41. The average molecular weight is 392 g/mol. The number of aromatic nitrogens is 4. The lowest BCUT2D eigenvalue weighted by atomic mass is 10.0. The van der Waals surface area contributed by atoms with Gasteiger partial charge in [0.2, 0.25) is 11.7 Å². The normalized spacial score (nSPS) is 10.6. The van der Waals surface area contributed by atoms with Crippen LogP contribution in [0.1, 0.15) is 25.3 Å². The van der Waals surface area contributed by atoms with Crippen LogP contribution in [0.5, 0.6) is 0 Å². The average Bonchev–Trinajstić information content (AvgIpc) is 3.15. The topological polar surface area (TPSA) is 96.5 Å². The molecule has 0 radical (unpaired) electrons. The number of thioether (sulfide) groups is 1. The van der Waals surface area contributed by atoms with Crippen LogP contribution in [0.15, 0.2) is 53.4 Å². The zero-order valence-electron chi connectivity index (χ0n) is 15.7. The van der Waals surface area contributed by atoms with Gasteiger partial charge in [-0.1, -0.05) is 50.2 Å². The fraction of sp³-hybridized carbons (Fsp3) is 0.250. The number of hydrogen-bond acceptors (Lipinski definition) is 6. The van der Waals surface area contributed by atoms with Crippen LogP contribution in [0.3, 0.4) is 0 Å². The third-order valence-corrected chi connectivity index (χ3v) is 4.97. The highest BCUT2D eigenvalue weighted by atomic mass is 32.2. The summed E-state index contributed by atoms with van der Waals surface area (Å²) in [5.41, 5.74) is 2.76. The van der Waals surface area contributed by atoms with Crippen molar-refractivity contribution in [1.82, 2.24) is 20.2 Å². The Balaban J connectivity index is 1.65. The highest BCUT2D eigenvalue weighted by Gasteiger charge is 2.12. The number of nitrogens with one attached hydrogen (secondary N) is 1. The van der Waals surface area contributed by atoms with Crippen LogP contribution in [-0.4, -0.2) is 31.9 Å². The molecule has 2 aromatic carbocycles. The Labute approximate surface area is 167 Å². The Morgan fingerprint density at radius 2 is 1.96 bits per heavy atom. The molecule has 0 atom stereocenters. The highest BCUT2D eigenvalue weighted by Crippen LogP contribution is 2.26. The van der Waals surface area contributed by atoms with Gasteiger partial charge in [-0.25, -0.2) is 0 Å². The van der Waals surface area contributed by atoms with Crippen molar-refractivity contribution in [3.05, 3.63) is 54.1 Å². The number of hydrogen-bond donors (Lipinski definition) is 1. The van der Waals surface area contributed by atoms with Crippen LogP contribution < -0.4 is 5.32 Å². The second-order valence-corrected chi connectivity index (χ2v) is 7.43. The number of nitriles is 1. The molecule has 142 valence electrons. The minimum Gasteiger partial charge on any atom is -0.323 e. The number of anilines is 1. The molecule has 0 saturated carbocycles. The number of carbonyl (C=O) groups is 1. The first-order valence-electron chi connectivity index (χ1n) is 8.83. The molecule has 3 rings (SSSR count). The summed E-state index contributed by atoms with van der Waals surface area (Å²) in [4.78, 5) is 14.5. The summed E-state index contributed by atoms with van der Waals surface area (Å²) in [6.07, 6.45) is 0. The van der Waals surface area contributed by atoms with Gasteiger partial charge in [-0.2, -0.15) is 10.1 Å². The van der Waals surface area contributed by atoms with Crippen molar-refractivity contribution in [2.45, 2.75) is 31.2 Å². The molecule has 1 amide bonds. The Kier molecular flexibility index (Phi) is 6.40. The summed E-state index contributed by atoms with van der Waals surface area (Å²) in [6.45, 7) is 4.23. The van der Waals surface area contributed by atoms with Gasteiger partial charge >= 0.3 is 0 Å². The minimum absolute atomic E-state index is 0.0473. The molecule has 0 unspecified atom stereocenters. The molecule has 0 aliphatic heterocycles. The quantitative estimate of drug-likeness (QED) is 0.616. The fourth-order valence-electron chi connectivity index (χ4n) is 2.57. The van der Waals surface area contributed by atoms with Crippen molar-refractivity contribution >= 4 is 23.4 Å². The van der Waals surface area contributed by atoms with E-state index in [1.807, 2.05) is 42.5 Å². The third-order valence-electron chi connectivity index (χ3n) is 4.03. The Morgan fingerprint density at radius 1 is 1.21 bits per heavy atom. The predicted octanol–water partition coefficient (Wildman–Crippen LogP) is 3.72. The van der Waals surface area contributed by atoms with E-state index in [9.17, 15) is 4.79 Å². The number of para-hydroxylation sites is 1. The van der Waals surface area contributed by atoms with Crippen molar-refractivity contribution in [1.29, 1.82) is 5.26 Å². The number of carbonyl (C=O) groups excluding carboxylic acids is 1. The van der Waals surface area contributed by atoms with Crippen LogP contribution in [0.2, 0.25) is 0 Å². The van der Waals surface area contributed by atoms with Gasteiger partial charge < -0.3 is 5.32 Å². The van der Waals surface area contributed by atoms with Gasteiger partial charge in [0.25, 0.3) is 0 Å². The third kappa shape index (κ3) is 4.96. The molecule has 1 aromatic heterocycles. The molecule has 0 aliphatic carbocycles. The zero-order chi connectivity index (χ0) is 19.9. The Hall–Kier alpha value is -3.18. The lowest BCUT2D eigenvalue weighted by Gasteiger charge is -2.09. The lowest BCUT2D eigenvalue weighted by Crippen LogP contribution is -2.20. The smallest absolute Gasteiger partial charge is 0.248 e. The van der Waals surface area contributed by atoms with Crippen molar-refractivity contribution < 1.29 is 4.79 Å². The lowest BCUT2D eigenvalue weighted by molar-refractivity contribution is -0.117. The van der Waals surface area contributed by atoms with E-state index in [4.69, 9.17) is 5.26 Å². The summed E-state index contributed by atoms with van der Waals surface area (Å²) in [5, 5.41) is 23.9. The molecule has 28 heavy (non-hydrogen) atoms. The van der Waals surface area contributed by atoms with Crippen LogP contribution in [0.25, 0.3) is 11.4 Å². The van der Waals surface area contributed by atoms with Crippen molar-refractivity contribution in [2.75, 3.05) is 11.1 Å². The summed E-state index contributed by atoms with van der Waals surface area (Å²) in [6, 6.07) is 17.5. The summed E-state index contributed by atoms with van der Waals surface area (Å²) < 4.78 is 0. The first kappa shape index (κ1) is 19.6. The molecule has 0 aliphatic rings. The van der Waals surface area contributed by atoms with Crippen LogP contribution in [0, 0.1) is 11.3 Å². The molecule has 7 nitrogen and oxygen atoms in total. The van der Waals surface area contributed by atoms with Crippen LogP contribution in [-0.2, 0) is 11.3 Å². The van der Waals surface area contributed by atoms with E-state index in [1.54, 1.807) is 6.07 Å². The van der Waals surface area contributed by atoms with Gasteiger partial charge in [-0.15, -0.1) is 22.0 Å². The highest BCUT2D eigenvalue weighted by molar-refractivity contribution is 7.99. The van der Waals surface area contributed by atoms with Crippen molar-refractivity contribution in [3.63, 3.8) is 0 Å². The molecule has 1 heterocycles. The predicted molar refractivity (Wildman–Crippen MR) is 109 cm³/mol. The standard InChI is InChI=1S/C20H20N6OS/c1-14(2)15-7-9-16(10-8-15)20-23-25-26(24-20)13-19(27)22-17-5-3-4-6-18(17)28-12-11-21/h3-10,14H,12-13H2,1-2H3,(H,22,27). The first-order chi connectivity index (χ1) is 13.6. The summed E-state index contributed by atoms with van der Waals surface area (Å²) in [7, 11) is 0. The monoisotopic (exact) mass is 392 g/mol. The van der Waals surface area contributed by atoms with Crippen LogP contribution >= 0.6 is 11.8 Å². The van der Waals surface area contributed by atoms with Gasteiger partial charge in [0.15, 0.2) is 0 Å².